The number of nitrogens with zero attached hydrogens (tertiary/aromatic N) is 1. The molecule has 0 bridgehead atoms. The molecule has 0 saturated heterocycles. The summed E-state index contributed by atoms with van der Waals surface area (Å²) >= 11 is 3.47. The Labute approximate surface area is 179 Å². The van der Waals surface area contributed by atoms with E-state index in [1.165, 1.54) is 11.1 Å². The van der Waals surface area contributed by atoms with Gasteiger partial charge in [0.1, 0.15) is 0 Å². The number of hydrazone groups is 1. The second-order valence-electron chi connectivity index (χ2n) is 7.13. The minimum Gasteiger partial charge on any atom is -0.273 e. The number of benzene rings is 3. The van der Waals surface area contributed by atoms with E-state index < -0.39 is 0 Å². The lowest BCUT2D eigenvalue weighted by Crippen LogP contribution is -2.25. The highest BCUT2D eigenvalue weighted by Crippen LogP contribution is 2.58. The first-order chi connectivity index (χ1) is 14.2. The molecular weight excluding hydrogens is 424 g/mol. The molecule has 3 nitrogen and oxygen atoms in total. The van der Waals surface area contributed by atoms with Crippen LogP contribution in [0.3, 0.4) is 0 Å². The zero-order valence-corrected chi connectivity index (χ0v) is 17.4. The van der Waals surface area contributed by atoms with Gasteiger partial charge in [0, 0.05) is 9.90 Å². The summed E-state index contributed by atoms with van der Waals surface area (Å²) in [4.78, 5) is 12.8. The van der Waals surface area contributed by atoms with Crippen LogP contribution in [0.15, 0.2) is 101 Å². The van der Waals surface area contributed by atoms with Crippen LogP contribution in [-0.4, -0.2) is 12.1 Å². The van der Waals surface area contributed by atoms with Crippen LogP contribution in [0.25, 0.3) is 6.08 Å². The fraction of sp³-hybridized carbons (Fsp3) is 0.120. The third-order valence-corrected chi connectivity index (χ3v) is 5.76. The number of rotatable bonds is 6. The molecular formula is C25H21BrN2O. The lowest BCUT2D eigenvalue weighted by atomic mass is 9.85. The second kappa shape index (κ2) is 8.58. The standard InChI is InChI=1S/C25H21BrN2O/c26-22(16-19-10-4-1-5-11-19)18-27-28-24(29)23-17-25(23,20-12-6-2-7-13-20)21-14-8-3-9-15-21/h1-16,18,23H,17H2,(H,28,29)/b22-16-,27-18?/t23-/m1/s1. The minimum atomic E-state index is -0.279. The summed E-state index contributed by atoms with van der Waals surface area (Å²) in [7, 11) is 0. The molecule has 0 heterocycles. The summed E-state index contributed by atoms with van der Waals surface area (Å²) < 4.78 is 0.789. The van der Waals surface area contributed by atoms with Gasteiger partial charge in [-0.15, -0.1) is 0 Å². The van der Waals surface area contributed by atoms with Gasteiger partial charge in [0.2, 0.25) is 5.91 Å². The van der Waals surface area contributed by atoms with Gasteiger partial charge in [-0.25, -0.2) is 5.43 Å². The summed E-state index contributed by atoms with van der Waals surface area (Å²) in [6, 6.07) is 30.4. The molecule has 3 aromatic rings. The van der Waals surface area contributed by atoms with Crippen molar-refractivity contribution in [2.45, 2.75) is 11.8 Å². The highest BCUT2D eigenvalue weighted by atomic mass is 79.9. The van der Waals surface area contributed by atoms with Crippen molar-refractivity contribution < 1.29 is 4.79 Å². The fourth-order valence-electron chi connectivity index (χ4n) is 3.84. The first-order valence-corrected chi connectivity index (χ1v) is 10.4. The Morgan fingerprint density at radius 2 is 1.41 bits per heavy atom. The highest BCUT2D eigenvalue weighted by Gasteiger charge is 2.60. The zero-order chi connectivity index (χ0) is 20.1. The molecule has 0 radical (unpaired) electrons. The van der Waals surface area contributed by atoms with E-state index in [1.807, 2.05) is 72.8 Å². The molecule has 1 aliphatic rings. The third-order valence-electron chi connectivity index (χ3n) is 5.32. The van der Waals surface area contributed by atoms with Crippen LogP contribution in [-0.2, 0) is 10.2 Å². The van der Waals surface area contributed by atoms with Crippen LogP contribution in [0.1, 0.15) is 23.1 Å². The Kier molecular flexibility index (Phi) is 5.72. The number of nitrogens with one attached hydrogen (secondary N) is 1. The maximum absolute atomic E-state index is 12.8. The van der Waals surface area contributed by atoms with E-state index in [2.05, 4.69) is 50.7 Å². The van der Waals surface area contributed by atoms with Crippen molar-refractivity contribution in [2.24, 2.45) is 11.0 Å². The van der Waals surface area contributed by atoms with Gasteiger partial charge in [0.25, 0.3) is 0 Å². The monoisotopic (exact) mass is 444 g/mol. The molecule has 1 atom stereocenters. The molecule has 4 heteroatoms. The maximum Gasteiger partial charge on any atom is 0.244 e. The van der Waals surface area contributed by atoms with E-state index in [4.69, 9.17) is 0 Å². The van der Waals surface area contributed by atoms with E-state index in [0.717, 1.165) is 16.5 Å². The average molecular weight is 445 g/mol. The number of halogens is 1. The quantitative estimate of drug-likeness (QED) is 0.394. The van der Waals surface area contributed by atoms with Crippen LogP contribution in [0, 0.1) is 5.92 Å². The number of carbonyl (C=O) groups excluding carboxylic acids is 1. The van der Waals surface area contributed by atoms with Crippen molar-refractivity contribution in [1.82, 2.24) is 5.43 Å². The number of carbonyl (C=O) groups is 1. The Bertz CT molecular complexity index is 991. The summed E-state index contributed by atoms with van der Waals surface area (Å²) in [6.45, 7) is 0. The van der Waals surface area contributed by atoms with Gasteiger partial charge in [0.15, 0.2) is 0 Å². The van der Waals surface area contributed by atoms with Crippen molar-refractivity contribution in [3.63, 3.8) is 0 Å². The van der Waals surface area contributed by atoms with Gasteiger partial charge in [-0.2, -0.15) is 5.10 Å². The summed E-state index contributed by atoms with van der Waals surface area (Å²) in [6.07, 6.45) is 4.34. The van der Waals surface area contributed by atoms with Gasteiger partial charge in [-0.05, 0) is 45.1 Å². The number of hydrogen-bond acceptors (Lipinski definition) is 2. The van der Waals surface area contributed by atoms with Crippen LogP contribution in [0.5, 0.6) is 0 Å². The zero-order valence-electron chi connectivity index (χ0n) is 15.8. The third kappa shape index (κ3) is 4.22. The smallest absolute Gasteiger partial charge is 0.244 e. The molecule has 29 heavy (non-hydrogen) atoms. The number of allylic oxidation sites excluding steroid dienone is 1. The van der Waals surface area contributed by atoms with Gasteiger partial charge >= 0.3 is 0 Å². The van der Waals surface area contributed by atoms with E-state index in [1.54, 1.807) is 6.21 Å². The highest BCUT2D eigenvalue weighted by molar-refractivity contribution is 9.12. The Hall–Kier alpha value is -2.98. The molecule has 0 spiro atoms. The second-order valence-corrected chi connectivity index (χ2v) is 8.05. The van der Waals surface area contributed by atoms with Crippen LogP contribution in [0.4, 0.5) is 0 Å². The largest absolute Gasteiger partial charge is 0.273 e. The average Bonchev–Trinajstić information content (AvgIpc) is 3.53. The summed E-state index contributed by atoms with van der Waals surface area (Å²) in [5.41, 5.74) is 5.83. The molecule has 0 aliphatic heterocycles. The SMILES string of the molecule is O=C(NN=C/C(Br)=C/c1ccccc1)[C@H]1CC1(c1ccccc1)c1ccccc1. The number of amides is 1. The van der Waals surface area contributed by atoms with Crippen LogP contribution in [0.2, 0.25) is 0 Å². The molecule has 1 N–H and O–H groups in total. The van der Waals surface area contributed by atoms with Crippen molar-refractivity contribution in [3.05, 3.63) is 112 Å². The van der Waals surface area contributed by atoms with Crippen molar-refractivity contribution in [1.29, 1.82) is 0 Å². The lowest BCUT2D eigenvalue weighted by molar-refractivity contribution is -0.122. The fourth-order valence-corrected chi connectivity index (χ4v) is 4.20. The van der Waals surface area contributed by atoms with E-state index in [-0.39, 0.29) is 17.2 Å². The molecule has 144 valence electrons. The van der Waals surface area contributed by atoms with Crippen LogP contribution >= 0.6 is 15.9 Å². The summed E-state index contributed by atoms with van der Waals surface area (Å²) in [5, 5.41) is 4.14. The van der Waals surface area contributed by atoms with Crippen LogP contribution < -0.4 is 5.43 Å². The Morgan fingerprint density at radius 1 is 0.897 bits per heavy atom. The van der Waals surface area contributed by atoms with E-state index >= 15 is 0 Å². The number of hydrogen-bond donors (Lipinski definition) is 1. The molecule has 0 aromatic heterocycles. The Balaban J connectivity index is 1.48. The summed E-state index contributed by atoms with van der Waals surface area (Å²) in [5.74, 6) is -0.199. The molecule has 4 rings (SSSR count). The van der Waals surface area contributed by atoms with Gasteiger partial charge in [-0.3, -0.25) is 4.79 Å². The molecule has 1 amide bonds. The maximum atomic E-state index is 12.8. The van der Waals surface area contributed by atoms with Crippen molar-refractivity contribution in [2.75, 3.05) is 0 Å². The first kappa shape index (κ1) is 19.3. The van der Waals surface area contributed by atoms with Crippen molar-refractivity contribution >= 4 is 34.1 Å². The molecule has 1 fully saturated rings. The van der Waals surface area contributed by atoms with Gasteiger partial charge in [-0.1, -0.05) is 91.0 Å². The normalized spacial score (nSPS) is 17.8. The Morgan fingerprint density at radius 3 is 1.97 bits per heavy atom. The molecule has 1 saturated carbocycles. The van der Waals surface area contributed by atoms with Gasteiger partial charge in [0.05, 0.1) is 12.1 Å². The first-order valence-electron chi connectivity index (χ1n) is 9.56. The predicted octanol–water partition coefficient (Wildman–Crippen LogP) is 5.53. The van der Waals surface area contributed by atoms with E-state index in [9.17, 15) is 4.79 Å². The molecule has 1 aliphatic carbocycles. The predicted molar refractivity (Wildman–Crippen MR) is 122 cm³/mol. The molecule has 3 aromatic carbocycles. The molecule has 0 unspecified atom stereocenters. The lowest BCUT2D eigenvalue weighted by Gasteiger charge is -2.18. The van der Waals surface area contributed by atoms with Crippen molar-refractivity contribution in [3.8, 4) is 0 Å². The minimum absolute atomic E-state index is 0.0611. The van der Waals surface area contributed by atoms with E-state index in [0.29, 0.717) is 0 Å². The van der Waals surface area contributed by atoms with Gasteiger partial charge < -0.3 is 0 Å². The topological polar surface area (TPSA) is 41.5 Å².